The predicted molar refractivity (Wildman–Crippen MR) is 52.1 cm³/mol. The first-order valence-corrected chi connectivity index (χ1v) is 4.81. The van der Waals surface area contributed by atoms with E-state index in [-0.39, 0.29) is 0 Å². The molecule has 1 aromatic heterocycles. The number of methoxy groups -OCH3 is 1. The van der Waals surface area contributed by atoms with Crippen molar-refractivity contribution in [2.24, 2.45) is 0 Å². The van der Waals surface area contributed by atoms with Gasteiger partial charge in [0.05, 0.1) is 19.2 Å². The second kappa shape index (κ2) is 5.37. The Morgan fingerprint density at radius 1 is 1.47 bits per heavy atom. The van der Waals surface area contributed by atoms with Crippen molar-refractivity contribution in [3.05, 3.63) is 23.0 Å². The van der Waals surface area contributed by atoms with Gasteiger partial charge in [-0.2, -0.15) is 13.2 Å². The van der Waals surface area contributed by atoms with Crippen molar-refractivity contribution in [1.29, 1.82) is 0 Å². The lowest BCUT2D eigenvalue weighted by molar-refractivity contribution is -0.143. The van der Waals surface area contributed by atoms with Gasteiger partial charge in [-0.1, -0.05) is 0 Å². The van der Waals surface area contributed by atoms with Gasteiger partial charge in [0.25, 0.3) is 6.43 Å². The summed E-state index contributed by atoms with van der Waals surface area (Å²) >= 11 is 0. The van der Waals surface area contributed by atoms with Crippen molar-refractivity contribution in [2.45, 2.75) is 19.0 Å². The maximum absolute atomic E-state index is 12.7. The second-order valence-electron chi connectivity index (χ2n) is 3.44. The summed E-state index contributed by atoms with van der Waals surface area (Å²) in [5, 5.41) is 8.50. The van der Waals surface area contributed by atoms with Crippen molar-refractivity contribution >= 4 is 5.97 Å². The van der Waals surface area contributed by atoms with Crippen molar-refractivity contribution in [3.8, 4) is 5.75 Å². The zero-order chi connectivity index (χ0) is 14.8. The number of alkyl halides is 5. The normalized spacial score (nSPS) is 11.7. The third-order valence-corrected chi connectivity index (χ3v) is 2.14. The van der Waals surface area contributed by atoms with E-state index in [1.54, 1.807) is 0 Å². The van der Waals surface area contributed by atoms with Crippen LogP contribution in [0.4, 0.5) is 22.0 Å². The van der Waals surface area contributed by atoms with E-state index < -0.39 is 47.7 Å². The lowest BCUT2D eigenvalue weighted by Gasteiger charge is -2.15. The Morgan fingerprint density at radius 2 is 2.05 bits per heavy atom. The molecule has 0 radical (unpaired) electrons. The maximum Gasteiger partial charge on any atom is 0.437 e. The van der Waals surface area contributed by atoms with Crippen LogP contribution in [0.1, 0.15) is 23.4 Å². The molecule has 1 heterocycles. The van der Waals surface area contributed by atoms with Gasteiger partial charge in [0.1, 0.15) is 5.75 Å². The SMILES string of the molecule is COc1cc(C(F)F)c(CC(=O)O)nc1C(F)(F)F. The Morgan fingerprint density at radius 3 is 2.42 bits per heavy atom. The van der Waals surface area contributed by atoms with E-state index in [1.165, 1.54) is 0 Å². The summed E-state index contributed by atoms with van der Waals surface area (Å²) in [5.74, 6) is -2.44. The molecule has 19 heavy (non-hydrogen) atoms. The van der Waals surface area contributed by atoms with E-state index in [4.69, 9.17) is 5.11 Å². The fourth-order valence-electron chi connectivity index (χ4n) is 1.38. The molecule has 0 spiro atoms. The van der Waals surface area contributed by atoms with Gasteiger partial charge in [0.2, 0.25) is 0 Å². The van der Waals surface area contributed by atoms with Crippen LogP contribution in [0.3, 0.4) is 0 Å². The molecule has 0 unspecified atom stereocenters. The van der Waals surface area contributed by atoms with Gasteiger partial charge in [0.15, 0.2) is 5.69 Å². The molecule has 4 nitrogen and oxygen atoms in total. The van der Waals surface area contributed by atoms with Crippen LogP contribution in [0.25, 0.3) is 0 Å². The molecule has 0 aliphatic rings. The first-order chi connectivity index (χ1) is 8.66. The van der Waals surface area contributed by atoms with Crippen LogP contribution < -0.4 is 4.74 Å². The molecule has 1 aromatic rings. The van der Waals surface area contributed by atoms with Crippen LogP contribution >= 0.6 is 0 Å². The maximum atomic E-state index is 12.7. The van der Waals surface area contributed by atoms with Crippen LogP contribution in [0.2, 0.25) is 0 Å². The zero-order valence-corrected chi connectivity index (χ0v) is 9.46. The Balaban J connectivity index is 3.47. The van der Waals surface area contributed by atoms with E-state index in [9.17, 15) is 26.7 Å². The Bertz CT molecular complexity index is 487. The molecule has 9 heteroatoms. The number of hydrogen-bond donors (Lipinski definition) is 1. The largest absolute Gasteiger partial charge is 0.494 e. The van der Waals surface area contributed by atoms with Crippen LogP contribution in [0.15, 0.2) is 6.07 Å². The van der Waals surface area contributed by atoms with Gasteiger partial charge in [0, 0.05) is 5.56 Å². The summed E-state index contributed by atoms with van der Waals surface area (Å²) < 4.78 is 67.5. The number of nitrogens with zero attached hydrogens (tertiary/aromatic N) is 1. The molecule has 0 atom stereocenters. The number of rotatable bonds is 4. The minimum atomic E-state index is -4.93. The number of hydrogen-bond acceptors (Lipinski definition) is 3. The molecule has 0 aliphatic heterocycles. The van der Waals surface area contributed by atoms with Crippen molar-refractivity contribution in [2.75, 3.05) is 7.11 Å². The van der Waals surface area contributed by atoms with Gasteiger partial charge < -0.3 is 9.84 Å². The van der Waals surface area contributed by atoms with Crippen LogP contribution in [0.5, 0.6) is 5.75 Å². The molecule has 1 N–H and O–H groups in total. The number of aromatic nitrogens is 1. The molecule has 0 saturated heterocycles. The Hall–Kier alpha value is -1.93. The van der Waals surface area contributed by atoms with Gasteiger partial charge in [-0.3, -0.25) is 4.79 Å². The summed E-state index contributed by atoms with van der Waals surface area (Å²) in [5.41, 5.74) is -3.27. The van der Waals surface area contributed by atoms with E-state index in [2.05, 4.69) is 9.72 Å². The summed E-state index contributed by atoms with van der Waals surface area (Å²) in [6, 6.07) is 0.457. The smallest absolute Gasteiger partial charge is 0.437 e. The van der Waals surface area contributed by atoms with Gasteiger partial charge in [-0.15, -0.1) is 0 Å². The number of carbonyl (C=O) groups is 1. The summed E-state index contributed by atoms with van der Waals surface area (Å²) in [6.45, 7) is 0. The minimum absolute atomic E-state index is 0.457. The third kappa shape index (κ3) is 3.52. The number of carboxylic acids is 1. The summed E-state index contributed by atoms with van der Waals surface area (Å²) in [6.07, 6.45) is -9.12. The molecular weight excluding hydrogens is 277 g/mol. The Labute approximate surface area is 103 Å². The fourth-order valence-corrected chi connectivity index (χ4v) is 1.38. The topological polar surface area (TPSA) is 59.4 Å². The van der Waals surface area contributed by atoms with Crippen molar-refractivity contribution in [3.63, 3.8) is 0 Å². The zero-order valence-electron chi connectivity index (χ0n) is 9.46. The second-order valence-corrected chi connectivity index (χ2v) is 3.44. The molecular formula is C10H8F5NO3. The number of aliphatic carboxylic acids is 1. The molecule has 0 saturated carbocycles. The van der Waals surface area contributed by atoms with Crippen molar-refractivity contribution in [1.82, 2.24) is 4.98 Å². The van der Waals surface area contributed by atoms with Gasteiger partial charge in [-0.25, -0.2) is 13.8 Å². The molecule has 0 aliphatic carbocycles. The average molecular weight is 285 g/mol. The quantitative estimate of drug-likeness (QED) is 0.864. The number of carboxylic acid groups (broad SMARTS) is 1. The van der Waals surface area contributed by atoms with Gasteiger partial charge >= 0.3 is 12.1 Å². The Kier molecular flexibility index (Phi) is 4.28. The minimum Gasteiger partial charge on any atom is -0.494 e. The van der Waals surface area contributed by atoms with E-state index >= 15 is 0 Å². The van der Waals surface area contributed by atoms with E-state index in [0.717, 1.165) is 7.11 Å². The molecule has 0 aromatic carbocycles. The molecule has 0 fully saturated rings. The molecule has 1 rings (SSSR count). The fraction of sp³-hybridized carbons (Fsp3) is 0.400. The van der Waals surface area contributed by atoms with Crippen molar-refractivity contribution < 1.29 is 36.6 Å². The number of halogens is 5. The summed E-state index contributed by atoms with van der Waals surface area (Å²) in [7, 11) is 0.873. The average Bonchev–Trinajstić information content (AvgIpc) is 2.26. The highest BCUT2D eigenvalue weighted by Gasteiger charge is 2.38. The highest BCUT2D eigenvalue weighted by atomic mass is 19.4. The summed E-state index contributed by atoms with van der Waals surface area (Å²) in [4.78, 5) is 13.4. The lowest BCUT2D eigenvalue weighted by atomic mass is 10.1. The highest BCUT2D eigenvalue weighted by molar-refractivity contribution is 5.70. The first-order valence-electron chi connectivity index (χ1n) is 4.81. The van der Waals surface area contributed by atoms with Crippen LogP contribution in [-0.2, 0) is 17.4 Å². The number of pyridine rings is 1. The van der Waals surface area contributed by atoms with E-state index in [1.807, 2.05) is 0 Å². The van der Waals surface area contributed by atoms with Gasteiger partial charge in [-0.05, 0) is 6.07 Å². The third-order valence-electron chi connectivity index (χ3n) is 2.14. The van der Waals surface area contributed by atoms with Crippen LogP contribution in [-0.4, -0.2) is 23.2 Å². The monoisotopic (exact) mass is 285 g/mol. The standard InChI is InChI=1S/C10H8F5NO3/c1-19-6-2-4(9(11)12)5(3-7(17)18)16-8(6)10(13,14)15/h2,9H,3H2,1H3,(H,17,18). The number of ether oxygens (including phenoxy) is 1. The first kappa shape index (κ1) is 15.1. The van der Waals surface area contributed by atoms with E-state index in [0.29, 0.717) is 6.07 Å². The molecule has 106 valence electrons. The molecule has 0 amide bonds. The molecule has 0 bridgehead atoms. The lowest BCUT2D eigenvalue weighted by Crippen LogP contribution is -2.15. The highest BCUT2D eigenvalue weighted by Crippen LogP contribution is 2.37. The predicted octanol–water partition coefficient (Wildman–Crippen LogP) is 2.67. The van der Waals surface area contributed by atoms with Crippen LogP contribution in [0, 0.1) is 0 Å².